The molecule has 0 saturated carbocycles. The van der Waals surface area contributed by atoms with Crippen LogP contribution in [0.2, 0.25) is 0 Å². The number of hydrogen-bond donors (Lipinski definition) is 0. The van der Waals surface area contributed by atoms with E-state index in [4.69, 9.17) is 0 Å². The maximum absolute atomic E-state index is 3.76. The number of rotatable bonds is 7. The van der Waals surface area contributed by atoms with Gasteiger partial charge in [-0.2, -0.15) is 0 Å². The van der Waals surface area contributed by atoms with Crippen LogP contribution in [0.1, 0.15) is 26.2 Å². The van der Waals surface area contributed by atoms with Crippen LogP contribution in [0, 0.1) is 0 Å². The van der Waals surface area contributed by atoms with Crippen molar-refractivity contribution < 1.29 is 0 Å². The van der Waals surface area contributed by atoms with E-state index in [1.807, 2.05) is 6.08 Å². The SMILES string of the molecule is C=C/C=C\C1=C(C)CC(N(C)CCCN2CCN(C)CC2)C1. The number of nitrogens with zero attached hydrogens (tertiary/aromatic N) is 3. The minimum Gasteiger partial charge on any atom is -0.304 e. The summed E-state index contributed by atoms with van der Waals surface area (Å²) in [7, 11) is 4.51. The molecule has 0 bridgehead atoms. The number of hydrogen-bond acceptors (Lipinski definition) is 3. The largest absolute Gasteiger partial charge is 0.304 e. The fourth-order valence-electron chi connectivity index (χ4n) is 3.49. The summed E-state index contributed by atoms with van der Waals surface area (Å²) >= 11 is 0. The second kappa shape index (κ2) is 8.66. The second-order valence-electron chi connectivity index (χ2n) is 6.94. The van der Waals surface area contributed by atoms with E-state index in [1.54, 1.807) is 5.57 Å². The van der Waals surface area contributed by atoms with Crippen molar-refractivity contribution in [3.63, 3.8) is 0 Å². The minimum atomic E-state index is 0.692. The van der Waals surface area contributed by atoms with Crippen LogP contribution < -0.4 is 0 Å². The first-order valence-electron chi connectivity index (χ1n) is 8.69. The Balaban J connectivity index is 1.67. The highest BCUT2D eigenvalue weighted by Gasteiger charge is 2.23. The van der Waals surface area contributed by atoms with Crippen LogP contribution in [0.25, 0.3) is 0 Å². The van der Waals surface area contributed by atoms with E-state index in [0.717, 1.165) is 0 Å². The first-order valence-corrected chi connectivity index (χ1v) is 8.69. The van der Waals surface area contributed by atoms with Crippen molar-refractivity contribution in [3.05, 3.63) is 36.0 Å². The van der Waals surface area contributed by atoms with Gasteiger partial charge in [0.25, 0.3) is 0 Å². The van der Waals surface area contributed by atoms with E-state index in [2.05, 4.69) is 54.4 Å². The van der Waals surface area contributed by atoms with E-state index in [-0.39, 0.29) is 0 Å². The van der Waals surface area contributed by atoms with Gasteiger partial charge in [-0.3, -0.25) is 0 Å². The summed E-state index contributed by atoms with van der Waals surface area (Å²) in [6.45, 7) is 13.4. The molecule has 0 aromatic rings. The minimum absolute atomic E-state index is 0.692. The van der Waals surface area contributed by atoms with Gasteiger partial charge >= 0.3 is 0 Å². The third-order valence-electron chi connectivity index (χ3n) is 5.18. The highest BCUT2D eigenvalue weighted by Crippen LogP contribution is 2.30. The van der Waals surface area contributed by atoms with E-state index in [1.165, 1.54) is 64.1 Å². The van der Waals surface area contributed by atoms with Gasteiger partial charge in [-0.05, 0) is 58.9 Å². The number of likely N-dealkylation sites (N-methyl/N-ethyl adjacent to an activating group) is 1. The Labute approximate surface area is 137 Å². The van der Waals surface area contributed by atoms with Crippen LogP contribution in [0.5, 0.6) is 0 Å². The average molecular weight is 303 g/mol. The van der Waals surface area contributed by atoms with Crippen LogP contribution in [0.15, 0.2) is 36.0 Å². The van der Waals surface area contributed by atoms with Crippen molar-refractivity contribution >= 4 is 0 Å². The van der Waals surface area contributed by atoms with Gasteiger partial charge in [0.15, 0.2) is 0 Å². The first kappa shape index (κ1) is 17.5. The molecule has 3 heteroatoms. The van der Waals surface area contributed by atoms with Gasteiger partial charge in [-0.25, -0.2) is 0 Å². The Hall–Kier alpha value is -0.900. The predicted molar refractivity (Wildman–Crippen MR) is 96.2 cm³/mol. The molecule has 0 amide bonds. The molecule has 1 atom stereocenters. The van der Waals surface area contributed by atoms with Crippen LogP contribution in [0.3, 0.4) is 0 Å². The Morgan fingerprint density at radius 3 is 2.64 bits per heavy atom. The molecule has 1 aliphatic heterocycles. The summed E-state index contributed by atoms with van der Waals surface area (Å²) in [6.07, 6.45) is 9.87. The Bertz CT molecular complexity index is 416. The molecular weight excluding hydrogens is 270 g/mol. The van der Waals surface area contributed by atoms with Crippen molar-refractivity contribution in [3.8, 4) is 0 Å². The molecule has 2 aliphatic rings. The zero-order chi connectivity index (χ0) is 15.9. The number of allylic oxidation sites excluding steroid dienone is 3. The lowest BCUT2D eigenvalue weighted by atomic mass is 10.1. The topological polar surface area (TPSA) is 9.72 Å². The van der Waals surface area contributed by atoms with Crippen molar-refractivity contribution in [2.75, 3.05) is 53.4 Å². The molecule has 0 N–H and O–H groups in total. The van der Waals surface area contributed by atoms with Gasteiger partial charge < -0.3 is 14.7 Å². The van der Waals surface area contributed by atoms with Crippen molar-refractivity contribution in [1.82, 2.24) is 14.7 Å². The molecule has 1 heterocycles. The molecule has 0 aromatic carbocycles. The monoisotopic (exact) mass is 303 g/mol. The van der Waals surface area contributed by atoms with Crippen molar-refractivity contribution in [2.45, 2.75) is 32.2 Å². The van der Waals surface area contributed by atoms with Crippen LogP contribution in [0.4, 0.5) is 0 Å². The highest BCUT2D eigenvalue weighted by molar-refractivity contribution is 5.32. The number of piperazine rings is 1. The van der Waals surface area contributed by atoms with Gasteiger partial charge in [0.05, 0.1) is 0 Å². The van der Waals surface area contributed by atoms with Crippen LogP contribution in [-0.2, 0) is 0 Å². The molecule has 1 aliphatic carbocycles. The molecule has 1 unspecified atom stereocenters. The zero-order valence-corrected chi connectivity index (χ0v) is 14.7. The van der Waals surface area contributed by atoms with Crippen molar-refractivity contribution in [2.24, 2.45) is 0 Å². The van der Waals surface area contributed by atoms with Crippen LogP contribution >= 0.6 is 0 Å². The summed E-state index contributed by atoms with van der Waals surface area (Å²) in [5.74, 6) is 0. The molecule has 1 saturated heterocycles. The summed E-state index contributed by atoms with van der Waals surface area (Å²) in [5.41, 5.74) is 3.06. The normalized spacial score (nSPS) is 24.8. The third-order valence-corrected chi connectivity index (χ3v) is 5.18. The molecule has 3 nitrogen and oxygen atoms in total. The summed E-state index contributed by atoms with van der Waals surface area (Å²) < 4.78 is 0. The lowest BCUT2D eigenvalue weighted by Crippen LogP contribution is -2.45. The fraction of sp³-hybridized carbons (Fsp3) is 0.684. The fourth-order valence-corrected chi connectivity index (χ4v) is 3.49. The summed E-state index contributed by atoms with van der Waals surface area (Å²) in [6, 6.07) is 0.692. The Morgan fingerprint density at radius 1 is 1.23 bits per heavy atom. The molecule has 0 spiro atoms. The van der Waals surface area contributed by atoms with Gasteiger partial charge in [-0.1, -0.05) is 30.4 Å². The lowest BCUT2D eigenvalue weighted by molar-refractivity contribution is 0.144. The molecule has 22 heavy (non-hydrogen) atoms. The quantitative estimate of drug-likeness (QED) is 0.670. The summed E-state index contributed by atoms with van der Waals surface area (Å²) in [4.78, 5) is 7.60. The van der Waals surface area contributed by atoms with E-state index in [0.29, 0.717) is 6.04 Å². The maximum Gasteiger partial charge on any atom is 0.0170 e. The molecular formula is C19H33N3. The summed E-state index contributed by atoms with van der Waals surface area (Å²) in [5, 5.41) is 0. The maximum atomic E-state index is 3.76. The van der Waals surface area contributed by atoms with Gasteiger partial charge in [-0.15, -0.1) is 0 Å². The second-order valence-corrected chi connectivity index (χ2v) is 6.94. The average Bonchev–Trinajstić information content (AvgIpc) is 2.88. The lowest BCUT2D eigenvalue weighted by Gasteiger charge is -2.33. The first-order chi connectivity index (χ1) is 10.6. The molecule has 2 rings (SSSR count). The van der Waals surface area contributed by atoms with Gasteiger partial charge in [0, 0.05) is 32.2 Å². The highest BCUT2D eigenvalue weighted by atomic mass is 15.2. The van der Waals surface area contributed by atoms with Gasteiger partial charge in [0.1, 0.15) is 0 Å². The predicted octanol–water partition coefficient (Wildman–Crippen LogP) is 2.78. The smallest absolute Gasteiger partial charge is 0.0170 e. The standard InChI is InChI=1S/C19H33N3/c1-5-6-8-18-16-19(15-17(18)2)21(4)9-7-10-22-13-11-20(3)12-14-22/h5-6,8,19H,1,7,9-16H2,2-4H3/b8-6-. The van der Waals surface area contributed by atoms with Crippen molar-refractivity contribution in [1.29, 1.82) is 0 Å². The Kier molecular flexibility index (Phi) is 6.87. The van der Waals surface area contributed by atoms with E-state index >= 15 is 0 Å². The zero-order valence-electron chi connectivity index (χ0n) is 14.7. The van der Waals surface area contributed by atoms with Gasteiger partial charge in [0.2, 0.25) is 0 Å². The molecule has 0 radical (unpaired) electrons. The molecule has 0 aromatic heterocycles. The Morgan fingerprint density at radius 2 is 1.95 bits per heavy atom. The van der Waals surface area contributed by atoms with E-state index in [9.17, 15) is 0 Å². The van der Waals surface area contributed by atoms with Crippen LogP contribution in [-0.4, -0.2) is 74.1 Å². The molecule has 1 fully saturated rings. The third kappa shape index (κ3) is 5.08. The molecule has 124 valence electrons. The van der Waals surface area contributed by atoms with E-state index < -0.39 is 0 Å².